The van der Waals surface area contributed by atoms with Gasteiger partial charge < -0.3 is 5.32 Å². The lowest BCUT2D eigenvalue weighted by Gasteiger charge is -2.33. The van der Waals surface area contributed by atoms with E-state index in [0.29, 0.717) is 54.0 Å². The summed E-state index contributed by atoms with van der Waals surface area (Å²) < 4.78 is 25.5. The first-order chi connectivity index (χ1) is 13.8. The molecule has 0 spiro atoms. The van der Waals surface area contributed by atoms with Crippen LogP contribution in [0.15, 0.2) is 42.5 Å². The van der Waals surface area contributed by atoms with E-state index in [1.54, 1.807) is 35.5 Å². The highest BCUT2D eigenvalue weighted by Crippen LogP contribution is 2.26. The molecule has 6 nitrogen and oxygen atoms in total. The molecule has 2 aromatic rings. The molecule has 2 aromatic carbocycles. The standard InChI is InChI=1S/C20H23Cl2N3O3S/c1-2-29(27,28)25-10-8-24(9-11-25)14-15-4-3-5-16(12-15)20(26)23-19-13-17(21)6-7-18(19)22/h3-7,12-13H,2,8-11,14H2,1H3,(H,23,26). The maximum atomic E-state index is 12.6. The van der Waals surface area contributed by atoms with Crippen molar-refractivity contribution in [1.82, 2.24) is 9.21 Å². The zero-order chi connectivity index (χ0) is 21.0. The molecular formula is C20H23Cl2N3O3S. The van der Waals surface area contributed by atoms with E-state index in [1.807, 2.05) is 18.2 Å². The van der Waals surface area contributed by atoms with Crippen molar-refractivity contribution in [2.45, 2.75) is 13.5 Å². The average molecular weight is 456 g/mol. The number of piperazine rings is 1. The van der Waals surface area contributed by atoms with E-state index >= 15 is 0 Å². The van der Waals surface area contributed by atoms with Crippen molar-refractivity contribution < 1.29 is 13.2 Å². The Morgan fingerprint density at radius 3 is 2.48 bits per heavy atom. The molecule has 29 heavy (non-hydrogen) atoms. The Kier molecular flexibility index (Phi) is 7.19. The molecule has 1 fully saturated rings. The Morgan fingerprint density at radius 1 is 1.07 bits per heavy atom. The van der Waals surface area contributed by atoms with Gasteiger partial charge in [-0.2, -0.15) is 4.31 Å². The minimum atomic E-state index is -3.14. The summed E-state index contributed by atoms with van der Waals surface area (Å²) in [5, 5.41) is 3.69. The maximum absolute atomic E-state index is 12.6. The molecule has 0 aliphatic carbocycles. The first-order valence-corrected chi connectivity index (χ1v) is 11.7. The Labute approximate surface area is 181 Å². The van der Waals surface area contributed by atoms with Crippen LogP contribution in [0.2, 0.25) is 10.0 Å². The molecule has 1 saturated heterocycles. The van der Waals surface area contributed by atoms with Crippen LogP contribution in [-0.4, -0.2) is 55.5 Å². The first-order valence-electron chi connectivity index (χ1n) is 9.34. The number of halogens is 2. The zero-order valence-corrected chi connectivity index (χ0v) is 18.4. The third-order valence-corrected chi connectivity index (χ3v) is 7.31. The third-order valence-electron chi connectivity index (χ3n) is 4.86. The fourth-order valence-corrected chi connectivity index (χ4v) is 4.63. The molecule has 0 unspecified atom stereocenters. The highest BCUT2D eigenvalue weighted by Gasteiger charge is 2.25. The van der Waals surface area contributed by atoms with Crippen LogP contribution in [0.3, 0.4) is 0 Å². The van der Waals surface area contributed by atoms with Crippen molar-refractivity contribution in [2.75, 3.05) is 37.2 Å². The number of benzene rings is 2. The van der Waals surface area contributed by atoms with Crippen LogP contribution >= 0.6 is 23.2 Å². The van der Waals surface area contributed by atoms with Crippen molar-refractivity contribution in [3.63, 3.8) is 0 Å². The van der Waals surface area contributed by atoms with E-state index in [-0.39, 0.29) is 11.7 Å². The quantitative estimate of drug-likeness (QED) is 0.720. The number of anilines is 1. The van der Waals surface area contributed by atoms with Gasteiger partial charge in [-0.1, -0.05) is 35.3 Å². The normalized spacial score (nSPS) is 16.0. The average Bonchev–Trinajstić information content (AvgIpc) is 2.71. The number of nitrogens with zero attached hydrogens (tertiary/aromatic N) is 2. The molecule has 1 N–H and O–H groups in total. The molecule has 1 amide bonds. The fourth-order valence-electron chi connectivity index (χ4n) is 3.21. The Balaban J connectivity index is 1.63. The summed E-state index contributed by atoms with van der Waals surface area (Å²) in [5.41, 5.74) is 1.97. The SMILES string of the molecule is CCS(=O)(=O)N1CCN(Cc2cccc(C(=O)Nc3cc(Cl)ccc3Cl)c2)CC1. The summed E-state index contributed by atoms with van der Waals surface area (Å²) in [4.78, 5) is 14.8. The second-order valence-electron chi connectivity index (χ2n) is 6.85. The summed E-state index contributed by atoms with van der Waals surface area (Å²) in [7, 11) is -3.14. The summed E-state index contributed by atoms with van der Waals surface area (Å²) in [6.07, 6.45) is 0. The fraction of sp³-hybridized carbons (Fsp3) is 0.350. The van der Waals surface area contributed by atoms with Gasteiger partial charge in [0.1, 0.15) is 0 Å². The van der Waals surface area contributed by atoms with Gasteiger partial charge in [0.2, 0.25) is 10.0 Å². The smallest absolute Gasteiger partial charge is 0.255 e. The van der Waals surface area contributed by atoms with Gasteiger partial charge in [0, 0.05) is 43.3 Å². The molecular weight excluding hydrogens is 433 g/mol. The van der Waals surface area contributed by atoms with E-state index in [2.05, 4.69) is 10.2 Å². The maximum Gasteiger partial charge on any atom is 0.255 e. The molecule has 1 aliphatic heterocycles. The molecule has 1 heterocycles. The van der Waals surface area contributed by atoms with Crippen molar-refractivity contribution in [1.29, 1.82) is 0 Å². The predicted octanol–water partition coefficient (Wildman–Crippen LogP) is 3.71. The number of nitrogens with one attached hydrogen (secondary N) is 1. The van der Waals surface area contributed by atoms with Crippen LogP contribution in [0, 0.1) is 0 Å². The van der Waals surface area contributed by atoms with Gasteiger partial charge in [-0.15, -0.1) is 0 Å². The van der Waals surface area contributed by atoms with Gasteiger partial charge in [0.25, 0.3) is 5.91 Å². The minimum Gasteiger partial charge on any atom is -0.321 e. The number of carbonyl (C=O) groups is 1. The van der Waals surface area contributed by atoms with E-state index in [1.165, 1.54) is 0 Å². The van der Waals surface area contributed by atoms with Crippen molar-refractivity contribution in [3.8, 4) is 0 Å². The number of carbonyl (C=O) groups excluding carboxylic acids is 1. The van der Waals surface area contributed by atoms with E-state index in [9.17, 15) is 13.2 Å². The molecule has 3 rings (SSSR count). The van der Waals surface area contributed by atoms with E-state index in [4.69, 9.17) is 23.2 Å². The number of amides is 1. The van der Waals surface area contributed by atoms with Crippen LogP contribution in [0.1, 0.15) is 22.8 Å². The van der Waals surface area contributed by atoms with Gasteiger partial charge in [-0.25, -0.2) is 8.42 Å². The largest absolute Gasteiger partial charge is 0.321 e. The van der Waals surface area contributed by atoms with Crippen LogP contribution < -0.4 is 5.32 Å². The number of hydrogen-bond donors (Lipinski definition) is 1. The molecule has 0 aromatic heterocycles. The second kappa shape index (κ2) is 9.45. The summed E-state index contributed by atoms with van der Waals surface area (Å²) in [6, 6.07) is 12.3. The Bertz CT molecular complexity index is 990. The number of sulfonamides is 1. The number of rotatable bonds is 6. The lowest BCUT2D eigenvalue weighted by atomic mass is 10.1. The monoisotopic (exact) mass is 455 g/mol. The van der Waals surface area contributed by atoms with Gasteiger partial charge in [0.05, 0.1) is 16.5 Å². The van der Waals surface area contributed by atoms with Crippen LogP contribution in [0.25, 0.3) is 0 Å². The van der Waals surface area contributed by atoms with Crippen molar-refractivity contribution >= 4 is 44.8 Å². The van der Waals surface area contributed by atoms with Crippen molar-refractivity contribution in [2.24, 2.45) is 0 Å². The van der Waals surface area contributed by atoms with Crippen LogP contribution in [0.4, 0.5) is 5.69 Å². The lowest BCUT2D eigenvalue weighted by Crippen LogP contribution is -2.48. The molecule has 156 valence electrons. The molecule has 0 saturated carbocycles. The Hall–Kier alpha value is -1.64. The number of hydrogen-bond acceptors (Lipinski definition) is 4. The van der Waals surface area contributed by atoms with Gasteiger partial charge in [-0.3, -0.25) is 9.69 Å². The highest BCUT2D eigenvalue weighted by atomic mass is 35.5. The zero-order valence-electron chi connectivity index (χ0n) is 16.1. The summed E-state index contributed by atoms with van der Waals surface area (Å²) in [6.45, 7) is 4.61. The van der Waals surface area contributed by atoms with Crippen LogP contribution in [0.5, 0.6) is 0 Å². The molecule has 0 bridgehead atoms. The van der Waals surface area contributed by atoms with Gasteiger partial charge >= 0.3 is 0 Å². The lowest BCUT2D eigenvalue weighted by molar-refractivity contribution is 0.102. The first kappa shape index (κ1) is 22.1. The highest BCUT2D eigenvalue weighted by molar-refractivity contribution is 7.89. The molecule has 0 atom stereocenters. The summed E-state index contributed by atoms with van der Waals surface area (Å²) >= 11 is 12.1. The van der Waals surface area contributed by atoms with Gasteiger partial charge in [0.15, 0.2) is 0 Å². The third kappa shape index (κ3) is 5.71. The Morgan fingerprint density at radius 2 is 1.79 bits per heavy atom. The molecule has 9 heteroatoms. The van der Waals surface area contributed by atoms with Gasteiger partial charge in [-0.05, 0) is 42.8 Å². The molecule has 0 radical (unpaired) electrons. The van der Waals surface area contributed by atoms with E-state index in [0.717, 1.165) is 5.56 Å². The minimum absolute atomic E-state index is 0.126. The summed E-state index contributed by atoms with van der Waals surface area (Å²) in [5.74, 6) is -0.143. The molecule has 1 aliphatic rings. The predicted molar refractivity (Wildman–Crippen MR) is 117 cm³/mol. The topological polar surface area (TPSA) is 69.7 Å². The van der Waals surface area contributed by atoms with Crippen molar-refractivity contribution in [3.05, 3.63) is 63.6 Å². The van der Waals surface area contributed by atoms with Crippen LogP contribution in [-0.2, 0) is 16.6 Å². The van der Waals surface area contributed by atoms with E-state index < -0.39 is 10.0 Å². The second-order valence-corrected chi connectivity index (χ2v) is 9.96.